The van der Waals surface area contributed by atoms with Crippen LogP contribution in [0.3, 0.4) is 0 Å². The lowest BCUT2D eigenvalue weighted by molar-refractivity contribution is 0.102. The minimum absolute atomic E-state index is 0.0691. The van der Waals surface area contributed by atoms with E-state index in [4.69, 9.17) is 11.6 Å². The maximum absolute atomic E-state index is 12.4. The van der Waals surface area contributed by atoms with Crippen molar-refractivity contribution < 1.29 is 4.79 Å². The average Bonchev–Trinajstić information content (AvgIpc) is 2.62. The van der Waals surface area contributed by atoms with Gasteiger partial charge in [0.25, 0.3) is 5.91 Å². The van der Waals surface area contributed by atoms with Gasteiger partial charge in [-0.25, -0.2) is 9.97 Å². The summed E-state index contributed by atoms with van der Waals surface area (Å²) in [4.78, 5) is 24.8. The summed E-state index contributed by atoms with van der Waals surface area (Å²) in [5.74, 6) is 0.867. The van der Waals surface area contributed by atoms with Crippen LogP contribution in [0, 0.1) is 6.92 Å². The van der Waals surface area contributed by atoms with Crippen molar-refractivity contribution >= 4 is 29.1 Å². The SMILES string of the molecule is Cc1cccc(C(=O)Nc2cc(C(C)Nc3cncc(Cl)n3)ccn2)c1. The van der Waals surface area contributed by atoms with Gasteiger partial charge in [0.15, 0.2) is 0 Å². The first-order valence-corrected chi connectivity index (χ1v) is 8.47. The second-order valence-corrected chi connectivity index (χ2v) is 6.28. The van der Waals surface area contributed by atoms with Gasteiger partial charge in [0, 0.05) is 11.8 Å². The maximum atomic E-state index is 12.4. The third-order valence-electron chi connectivity index (χ3n) is 3.78. The Bertz CT molecular complexity index is 931. The van der Waals surface area contributed by atoms with Crippen LogP contribution < -0.4 is 10.6 Å². The molecule has 7 heteroatoms. The third kappa shape index (κ3) is 4.55. The third-order valence-corrected chi connectivity index (χ3v) is 3.96. The average molecular weight is 368 g/mol. The highest BCUT2D eigenvalue weighted by atomic mass is 35.5. The zero-order valence-corrected chi connectivity index (χ0v) is 15.2. The molecule has 0 bridgehead atoms. The smallest absolute Gasteiger partial charge is 0.256 e. The summed E-state index contributed by atoms with van der Waals surface area (Å²) in [5, 5.41) is 6.37. The Balaban J connectivity index is 1.72. The first-order chi connectivity index (χ1) is 12.5. The quantitative estimate of drug-likeness (QED) is 0.704. The molecule has 6 nitrogen and oxygen atoms in total. The number of amides is 1. The molecule has 2 heterocycles. The second-order valence-electron chi connectivity index (χ2n) is 5.89. The van der Waals surface area contributed by atoms with Crippen molar-refractivity contribution in [2.24, 2.45) is 0 Å². The number of benzene rings is 1. The molecule has 3 rings (SSSR count). The maximum Gasteiger partial charge on any atom is 0.256 e. The van der Waals surface area contributed by atoms with Crippen LogP contribution in [0.15, 0.2) is 55.0 Å². The highest BCUT2D eigenvalue weighted by molar-refractivity contribution is 6.29. The molecule has 1 aromatic carbocycles. The number of nitrogens with zero attached hydrogens (tertiary/aromatic N) is 3. The van der Waals surface area contributed by atoms with Gasteiger partial charge in [0.1, 0.15) is 16.8 Å². The van der Waals surface area contributed by atoms with E-state index in [0.29, 0.717) is 22.4 Å². The van der Waals surface area contributed by atoms with E-state index in [0.717, 1.165) is 11.1 Å². The first-order valence-electron chi connectivity index (χ1n) is 8.09. The van der Waals surface area contributed by atoms with Crippen LogP contribution >= 0.6 is 11.6 Å². The van der Waals surface area contributed by atoms with E-state index in [9.17, 15) is 4.79 Å². The molecule has 0 fully saturated rings. The number of aromatic nitrogens is 3. The van der Waals surface area contributed by atoms with E-state index in [2.05, 4.69) is 25.6 Å². The predicted octanol–water partition coefficient (Wildman–Crippen LogP) is 4.26. The Morgan fingerprint density at radius 3 is 2.77 bits per heavy atom. The van der Waals surface area contributed by atoms with Gasteiger partial charge in [-0.3, -0.25) is 9.78 Å². The highest BCUT2D eigenvalue weighted by Gasteiger charge is 2.11. The van der Waals surface area contributed by atoms with Gasteiger partial charge in [-0.15, -0.1) is 0 Å². The van der Waals surface area contributed by atoms with Crippen LogP contribution in [0.4, 0.5) is 11.6 Å². The molecule has 1 amide bonds. The number of rotatable bonds is 5. The molecule has 1 unspecified atom stereocenters. The van der Waals surface area contributed by atoms with Crippen molar-refractivity contribution in [3.63, 3.8) is 0 Å². The standard InChI is InChI=1S/C19H18ClN5O/c1-12-4-3-5-15(8-12)19(26)25-17-9-14(6-7-22-17)13(2)23-18-11-21-10-16(20)24-18/h3-11,13H,1-2H3,(H,23,24)(H,22,25,26). The van der Waals surface area contributed by atoms with E-state index in [-0.39, 0.29) is 11.9 Å². The molecule has 0 saturated carbocycles. The molecule has 0 aliphatic heterocycles. The van der Waals surface area contributed by atoms with E-state index in [1.54, 1.807) is 18.5 Å². The number of aryl methyl sites for hydroxylation is 1. The van der Waals surface area contributed by atoms with Gasteiger partial charge in [0.2, 0.25) is 0 Å². The van der Waals surface area contributed by atoms with E-state index in [1.165, 1.54) is 6.20 Å². The number of pyridine rings is 1. The van der Waals surface area contributed by atoms with Gasteiger partial charge >= 0.3 is 0 Å². The summed E-state index contributed by atoms with van der Waals surface area (Å²) < 4.78 is 0. The second kappa shape index (κ2) is 7.93. The summed E-state index contributed by atoms with van der Waals surface area (Å²) in [6.45, 7) is 3.92. The summed E-state index contributed by atoms with van der Waals surface area (Å²) in [6, 6.07) is 11.0. The van der Waals surface area contributed by atoms with Gasteiger partial charge in [-0.05, 0) is 43.7 Å². The number of nitrogens with one attached hydrogen (secondary N) is 2. The lowest BCUT2D eigenvalue weighted by atomic mass is 10.1. The molecule has 0 spiro atoms. The Morgan fingerprint density at radius 2 is 2.00 bits per heavy atom. The van der Waals surface area contributed by atoms with E-state index in [1.807, 2.05) is 44.2 Å². The van der Waals surface area contributed by atoms with Gasteiger partial charge in [-0.1, -0.05) is 29.3 Å². The number of hydrogen-bond acceptors (Lipinski definition) is 5. The molecule has 1 atom stereocenters. The summed E-state index contributed by atoms with van der Waals surface area (Å²) in [5.41, 5.74) is 2.57. The molecule has 2 aromatic heterocycles. The normalized spacial score (nSPS) is 11.7. The van der Waals surface area contributed by atoms with E-state index >= 15 is 0 Å². The van der Waals surface area contributed by atoms with Crippen molar-refractivity contribution in [2.75, 3.05) is 10.6 Å². The lowest BCUT2D eigenvalue weighted by Gasteiger charge is -2.15. The number of carbonyl (C=O) groups excluding carboxylic acids is 1. The van der Waals surface area contributed by atoms with Gasteiger partial charge in [-0.2, -0.15) is 0 Å². The first kappa shape index (κ1) is 17.8. The van der Waals surface area contributed by atoms with Crippen LogP contribution in [0.2, 0.25) is 5.15 Å². The van der Waals surface area contributed by atoms with Crippen molar-refractivity contribution in [1.82, 2.24) is 15.0 Å². The molecule has 2 N–H and O–H groups in total. The number of carbonyl (C=O) groups is 1. The van der Waals surface area contributed by atoms with Crippen LogP contribution in [0.1, 0.15) is 34.5 Å². The van der Waals surface area contributed by atoms with Gasteiger partial charge in [0.05, 0.1) is 18.4 Å². The zero-order chi connectivity index (χ0) is 18.5. The Kier molecular flexibility index (Phi) is 5.43. The number of anilines is 2. The van der Waals surface area contributed by atoms with Crippen molar-refractivity contribution in [1.29, 1.82) is 0 Å². The van der Waals surface area contributed by atoms with Crippen molar-refractivity contribution in [3.8, 4) is 0 Å². The molecule has 0 radical (unpaired) electrons. The zero-order valence-electron chi connectivity index (χ0n) is 14.4. The van der Waals surface area contributed by atoms with Crippen molar-refractivity contribution in [3.05, 3.63) is 76.8 Å². The highest BCUT2D eigenvalue weighted by Crippen LogP contribution is 2.20. The minimum atomic E-state index is -0.195. The molecule has 0 saturated heterocycles. The Hall–Kier alpha value is -2.99. The molecule has 0 aliphatic rings. The Labute approximate surface area is 156 Å². The topological polar surface area (TPSA) is 79.8 Å². The predicted molar refractivity (Wildman–Crippen MR) is 102 cm³/mol. The fourth-order valence-electron chi connectivity index (χ4n) is 2.48. The summed E-state index contributed by atoms with van der Waals surface area (Å²) >= 11 is 5.86. The summed E-state index contributed by atoms with van der Waals surface area (Å²) in [6.07, 6.45) is 4.73. The molecule has 26 heavy (non-hydrogen) atoms. The number of halogens is 1. The van der Waals surface area contributed by atoms with Gasteiger partial charge < -0.3 is 10.6 Å². The molecule has 0 aliphatic carbocycles. The van der Waals surface area contributed by atoms with Crippen LogP contribution in [-0.2, 0) is 0 Å². The van der Waals surface area contributed by atoms with Crippen LogP contribution in [0.5, 0.6) is 0 Å². The number of hydrogen-bond donors (Lipinski definition) is 2. The molecular formula is C19H18ClN5O. The van der Waals surface area contributed by atoms with Crippen LogP contribution in [-0.4, -0.2) is 20.9 Å². The monoisotopic (exact) mass is 367 g/mol. The Morgan fingerprint density at radius 1 is 1.15 bits per heavy atom. The molecular weight excluding hydrogens is 350 g/mol. The largest absolute Gasteiger partial charge is 0.362 e. The fourth-order valence-corrected chi connectivity index (χ4v) is 2.62. The molecule has 132 valence electrons. The van der Waals surface area contributed by atoms with Crippen LogP contribution in [0.25, 0.3) is 0 Å². The lowest BCUT2D eigenvalue weighted by Crippen LogP contribution is -2.14. The fraction of sp³-hybridized carbons (Fsp3) is 0.158. The van der Waals surface area contributed by atoms with E-state index < -0.39 is 0 Å². The minimum Gasteiger partial charge on any atom is -0.362 e. The molecule has 3 aromatic rings. The van der Waals surface area contributed by atoms with Crippen molar-refractivity contribution in [2.45, 2.75) is 19.9 Å². The summed E-state index contributed by atoms with van der Waals surface area (Å²) in [7, 11) is 0.